The van der Waals surface area contributed by atoms with E-state index >= 15 is 0 Å². The van der Waals surface area contributed by atoms with Gasteiger partial charge in [0.15, 0.2) is 0 Å². The number of anilines is 2. The molecule has 0 saturated carbocycles. The van der Waals surface area contributed by atoms with E-state index in [1.807, 2.05) is 87.5 Å². The molecular formula is C36H37N3O4S. The number of benzene rings is 4. The van der Waals surface area contributed by atoms with E-state index < -0.39 is 11.8 Å². The lowest BCUT2D eigenvalue weighted by Gasteiger charge is -2.17. The lowest BCUT2D eigenvalue weighted by Crippen LogP contribution is -2.30. The minimum Gasteiger partial charge on any atom is -0.494 e. The molecule has 1 unspecified atom stereocenters. The summed E-state index contributed by atoms with van der Waals surface area (Å²) in [5.41, 5.74) is 4.74. The molecule has 0 fully saturated rings. The first kappa shape index (κ1) is 32.1. The Morgan fingerprint density at radius 3 is 2.30 bits per heavy atom. The Hall–Kier alpha value is -4.82. The van der Waals surface area contributed by atoms with Crippen molar-refractivity contribution in [3.05, 3.63) is 125 Å². The summed E-state index contributed by atoms with van der Waals surface area (Å²) in [5, 5.41) is 8.36. The number of ether oxygens (including phenoxy) is 1. The number of aryl methyl sites for hydroxylation is 2. The number of thioether (sulfide) groups is 1. The average molecular weight is 608 g/mol. The van der Waals surface area contributed by atoms with Crippen molar-refractivity contribution in [3.8, 4) is 5.75 Å². The van der Waals surface area contributed by atoms with Crippen molar-refractivity contribution >= 4 is 46.9 Å². The van der Waals surface area contributed by atoms with E-state index in [9.17, 15) is 14.4 Å². The standard InChI is InChI=1S/C36H37N3O4S/c1-5-27-15-10-12-24(3)33(27)39-34(40)25(4)44-31-17-11-16-29(23-31)37-36(42)32(38-35(41)28-13-8-7-9-14-28)22-26-18-20-30(21-19-26)43-6-2/h7-23,25H,5-6H2,1-4H3,(H,37,42)(H,38,41)(H,39,40)/b32-22+. The average Bonchev–Trinajstić information content (AvgIpc) is 3.03. The highest BCUT2D eigenvalue weighted by molar-refractivity contribution is 8.00. The van der Waals surface area contributed by atoms with Crippen molar-refractivity contribution in [1.29, 1.82) is 0 Å². The van der Waals surface area contributed by atoms with Crippen LogP contribution in [-0.2, 0) is 16.0 Å². The quantitative estimate of drug-likeness (QED) is 0.115. The molecule has 3 N–H and O–H groups in total. The largest absolute Gasteiger partial charge is 0.494 e. The minimum absolute atomic E-state index is 0.0822. The topological polar surface area (TPSA) is 96.5 Å². The predicted octanol–water partition coefficient (Wildman–Crippen LogP) is 7.49. The molecule has 0 aromatic heterocycles. The summed E-state index contributed by atoms with van der Waals surface area (Å²) < 4.78 is 5.52. The molecule has 3 amide bonds. The Morgan fingerprint density at radius 2 is 1.59 bits per heavy atom. The molecule has 4 aromatic rings. The molecule has 4 rings (SSSR count). The van der Waals surface area contributed by atoms with Crippen molar-refractivity contribution in [2.45, 2.75) is 44.3 Å². The zero-order valence-corrected chi connectivity index (χ0v) is 26.2. The molecule has 0 aliphatic rings. The first-order chi connectivity index (χ1) is 21.3. The SMILES string of the molecule is CCOc1ccc(/C=C(/NC(=O)c2ccccc2)C(=O)Nc2cccc(SC(C)C(=O)Nc3c(C)cccc3CC)c2)cc1. The lowest BCUT2D eigenvalue weighted by molar-refractivity contribution is -0.115. The molecule has 4 aromatic carbocycles. The second kappa shape index (κ2) is 15.6. The number of carbonyl (C=O) groups is 3. The number of amides is 3. The van der Waals surface area contributed by atoms with E-state index in [0.717, 1.165) is 33.7 Å². The Bertz CT molecular complexity index is 1640. The molecular weight excluding hydrogens is 570 g/mol. The fourth-order valence-corrected chi connectivity index (χ4v) is 5.39. The Kier molecular flexibility index (Phi) is 11.4. The van der Waals surface area contributed by atoms with Gasteiger partial charge in [0.05, 0.1) is 11.9 Å². The van der Waals surface area contributed by atoms with E-state index in [0.29, 0.717) is 23.6 Å². The van der Waals surface area contributed by atoms with Gasteiger partial charge < -0.3 is 20.7 Å². The maximum atomic E-state index is 13.5. The van der Waals surface area contributed by atoms with Crippen LogP contribution in [-0.4, -0.2) is 29.6 Å². The molecule has 0 aliphatic heterocycles. The van der Waals surface area contributed by atoms with Crippen LogP contribution in [0.15, 0.2) is 108 Å². The van der Waals surface area contributed by atoms with Gasteiger partial charge in [0, 0.05) is 21.8 Å². The number of nitrogens with one attached hydrogen (secondary N) is 3. The van der Waals surface area contributed by atoms with Crippen LogP contribution in [0.2, 0.25) is 0 Å². The summed E-state index contributed by atoms with van der Waals surface area (Å²) in [5.74, 6) is -0.270. The van der Waals surface area contributed by atoms with Gasteiger partial charge in [0.25, 0.3) is 11.8 Å². The number of rotatable bonds is 12. The number of para-hydroxylation sites is 1. The summed E-state index contributed by atoms with van der Waals surface area (Å²) in [6.45, 7) is 8.36. The van der Waals surface area contributed by atoms with Crippen LogP contribution >= 0.6 is 11.8 Å². The maximum absolute atomic E-state index is 13.5. The van der Waals surface area contributed by atoms with Crippen LogP contribution in [0.25, 0.3) is 6.08 Å². The van der Waals surface area contributed by atoms with Gasteiger partial charge in [-0.05, 0) is 92.4 Å². The van der Waals surface area contributed by atoms with Gasteiger partial charge in [-0.3, -0.25) is 14.4 Å². The molecule has 7 nitrogen and oxygen atoms in total. The predicted molar refractivity (Wildman–Crippen MR) is 179 cm³/mol. The summed E-state index contributed by atoms with van der Waals surface area (Å²) >= 11 is 1.40. The summed E-state index contributed by atoms with van der Waals surface area (Å²) in [6.07, 6.45) is 2.44. The summed E-state index contributed by atoms with van der Waals surface area (Å²) in [7, 11) is 0. The van der Waals surface area contributed by atoms with E-state index in [1.165, 1.54) is 11.8 Å². The fraction of sp³-hybridized carbons (Fsp3) is 0.194. The smallest absolute Gasteiger partial charge is 0.272 e. The molecule has 0 saturated heterocycles. The van der Waals surface area contributed by atoms with Crippen LogP contribution in [0.3, 0.4) is 0 Å². The molecule has 226 valence electrons. The van der Waals surface area contributed by atoms with Crippen LogP contribution < -0.4 is 20.7 Å². The Morgan fingerprint density at radius 1 is 0.864 bits per heavy atom. The van der Waals surface area contributed by atoms with Crippen LogP contribution in [0.5, 0.6) is 5.75 Å². The fourth-order valence-electron chi connectivity index (χ4n) is 4.47. The molecule has 0 heterocycles. The third-order valence-electron chi connectivity index (χ3n) is 6.79. The number of hydrogen-bond donors (Lipinski definition) is 3. The second-order valence-electron chi connectivity index (χ2n) is 10.1. The van der Waals surface area contributed by atoms with E-state index in [1.54, 1.807) is 36.4 Å². The van der Waals surface area contributed by atoms with Crippen molar-refractivity contribution < 1.29 is 19.1 Å². The van der Waals surface area contributed by atoms with Gasteiger partial charge in [-0.25, -0.2) is 0 Å². The molecule has 0 aliphatic carbocycles. The third-order valence-corrected chi connectivity index (χ3v) is 7.89. The van der Waals surface area contributed by atoms with Gasteiger partial charge in [-0.2, -0.15) is 0 Å². The van der Waals surface area contributed by atoms with E-state index in [2.05, 4.69) is 22.9 Å². The van der Waals surface area contributed by atoms with Crippen molar-refractivity contribution in [2.75, 3.05) is 17.2 Å². The zero-order valence-electron chi connectivity index (χ0n) is 25.3. The lowest BCUT2D eigenvalue weighted by atomic mass is 10.1. The molecule has 0 spiro atoms. The summed E-state index contributed by atoms with van der Waals surface area (Å²) in [4.78, 5) is 40.4. The second-order valence-corrected chi connectivity index (χ2v) is 11.5. The first-order valence-electron chi connectivity index (χ1n) is 14.6. The first-order valence-corrected chi connectivity index (χ1v) is 15.4. The van der Waals surface area contributed by atoms with Gasteiger partial charge in [-0.1, -0.05) is 61.5 Å². The molecule has 0 bridgehead atoms. The Balaban J connectivity index is 1.49. The molecule has 1 atom stereocenters. The van der Waals surface area contributed by atoms with Gasteiger partial charge >= 0.3 is 0 Å². The zero-order chi connectivity index (χ0) is 31.5. The van der Waals surface area contributed by atoms with Crippen LogP contribution in [0.1, 0.15) is 47.8 Å². The van der Waals surface area contributed by atoms with E-state index in [-0.39, 0.29) is 16.9 Å². The van der Waals surface area contributed by atoms with Crippen molar-refractivity contribution in [1.82, 2.24) is 5.32 Å². The third kappa shape index (κ3) is 8.84. The molecule has 8 heteroatoms. The number of carbonyl (C=O) groups excluding carboxylic acids is 3. The number of hydrogen-bond acceptors (Lipinski definition) is 5. The van der Waals surface area contributed by atoms with Crippen LogP contribution in [0, 0.1) is 6.92 Å². The van der Waals surface area contributed by atoms with Gasteiger partial charge in [0.1, 0.15) is 11.4 Å². The van der Waals surface area contributed by atoms with Crippen molar-refractivity contribution in [2.24, 2.45) is 0 Å². The normalized spacial score (nSPS) is 11.8. The highest BCUT2D eigenvalue weighted by atomic mass is 32.2. The highest BCUT2D eigenvalue weighted by Crippen LogP contribution is 2.28. The van der Waals surface area contributed by atoms with Gasteiger partial charge in [-0.15, -0.1) is 11.8 Å². The van der Waals surface area contributed by atoms with E-state index in [4.69, 9.17) is 4.74 Å². The van der Waals surface area contributed by atoms with Crippen molar-refractivity contribution in [3.63, 3.8) is 0 Å². The monoisotopic (exact) mass is 607 g/mol. The Labute approximate surface area is 263 Å². The van der Waals surface area contributed by atoms with Gasteiger partial charge in [0.2, 0.25) is 5.91 Å². The highest BCUT2D eigenvalue weighted by Gasteiger charge is 2.18. The molecule has 0 radical (unpaired) electrons. The van der Waals surface area contributed by atoms with Crippen LogP contribution in [0.4, 0.5) is 11.4 Å². The maximum Gasteiger partial charge on any atom is 0.272 e. The summed E-state index contributed by atoms with van der Waals surface area (Å²) in [6, 6.07) is 29.2. The minimum atomic E-state index is -0.484. The molecule has 44 heavy (non-hydrogen) atoms.